The lowest BCUT2D eigenvalue weighted by molar-refractivity contribution is -0.149. The van der Waals surface area contributed by atoms with Crippen molar-refractivity contribution in [1.82, 2.24) is 39.4 Å². The van der Waals surface area contributed by atoms with E-state index in [1.165, 1.54) is 86.5 Å². The average molecular weight is 1570 g/mol. The number of carbonyl (C=O) groups excluding carboxylic acids is 3. The first kappa shape index (κ1) is 79.9. The molecule has 0 saturated carbocycles. The Morgan fingerprint density at radius 2 is 1.15 bits per heavy atom. The van der Waals surface area contributed by atoms with Crippen molar-refractivity contribution in [3.05, 3.63) is 181 Å². The third-order valence-electron chi connectivity index (χ3n) is 18.4. The zero-order valence-corrected chi connectivity index (χ0v) is 58.8. The van der Waals surface area contributed by atoms with E-state index >= 15 is 31.1 Å². The fourth-order valence-corrected chi connectivity index (χ4v) is 14.1. The quantitative estimate of drug-likeness (QED) is 0.0161. The third-order valence-corrected chi connectivity index (χ3v) is 19.2. The molecule has 3 aliphatic rings. The number of nitrogens with one attached hydrogen (secondary N) is 5. The highest BCUT2D eigenvalue weighted by atomic mass is 35.5. The molecule has 7 heterocycles. The molecule has 0 bridgehead atoms. The number of nitrogens with two attached hydrogens (primary N) is 1. The number of allylic oxidation sites excluding steroid dienone is 1. The highest BCUT2D eigenvalue weighted by Gasteiger charge is 2.51. The predicted molar refractivity (Wildman–Crippen MR) is 374 cm³/mol. The second-order valence-electron chi connectivity index (χ2n) is 26.2. The van der Waals surface area contributed by atoms with Crippen LogP contribution in [0.5, 0.6) is 0 Å². The maximum absolute atomic E-state index is 16.8. The van der Waals surface area contributed by atoms with Gasteiger partial charge in [-0.2, -0.15) is 49.7 Å². The minimum atomic E-state index is -4.81. The van der Waals surface area contributed by atoms with E-state index in [9.17, 15) is 49.1 Å². The number of piperidine rings is 3. The van der Waals surface area contributed by atoms with Gasteiger partial charge in [0.2, 0.25) is 0 Å². The van der Waals surface area contributed by atoms with Gasteiger partial charge in [0.05, 0.1) is 71.9 Å². The molecule has 0 spiro atoms. The standard InChI is InChI=1S/C70H66Cl3F15N16O3/c1-37-23-65(74,75)34-102(54(37)30-95-57-11-5-44(26-92-57)68(80,81)82)64(107)61-51(33-101(3)100-61)40-16-38(18-48(72)21-40)17-42-24-66(76,77)36-104(55(42)31-96-58-12-6-45(27-93-58)69(83,84)85)63(106)60(90)50(29-91-2)39-4-9-52(73)41(19-39)20-43-25-67(78,79)35-103(56(43)32-97-59-13-7-46(28-94-59)70(86,87)88)62(105)49-22-47(71)8-10-53(49)99-98-15-14-89/h4-16,18-19,21-22,26-29,33,37,42-43,54-56,89,99H,17,20,23-25,30-32,34-36,90H2,1-3H3,(H,92,95)(H,93,96)(H,94,97)/b60-50?,89-14?,91-29?,98-15-/t37-,42?,43?,54?,55?,56?/m1/s1. The number of aryl methyl sites for hydroxylation is 1. The molecule has 3 aliphatic heterocycles. The molecule has 37 heteroatoms. The van der Waals surface area contributed by atoms with Crippen molar-refractivity contribution < 1.29 is 80.2 Å². The van der Waals surface area contributed by atoms with Crippen LogP contribution in [0.2, 0.25) is 15.1 Å². The minimum Gasteiger partial charge on any atom is -0.394 e. The van der Waals surface area contributed by atoms with E-state index < -0.39 is 171 Å². The zero-order valence-electron chi connectivity index (χ0n) is 56.5. The maximum Gasteiger partial charge on any atom is 0.417 e. The summed E-state index contributed by atoms with van der Waals surface area (Å²) in [5.74, 6) is -17.9. The van der Waals surface area contributed by atoms with Crippen molar-refractivity contribution >= 4 is 99.9 Å². The fourth-order valence-electron chi connectivity index (χ4n) is 13.5. The molecule has 570 valence electrons. The van der Waals surface area contributed by atoms with Crippen molar-refractivity contribution in [2.75, 3.05) is 67.7 Å². The number of aliphatic imine (C=N–C) groups is 1. The highest BCUT2D eigenvalue weighted by Crippen LogP contribution is 2.44. The maximum atomic E-state index is 16.8. The molecule has 0 radical (unpaired) electrons. The van der Waals surface area contributed by atoms with E-state index in [1.54, 1.807) is 0 Å². The van der Waals surface area contributed by atoms with Gasteiger partial charge in [0.25, 0.3) is 35.5 Å². The molecule has 4 aromatic heterocycles. The zero-order chi connectivity index (χ0) is 77.9. The van der Waals surface area contributed by atoms with Crippen molar-refractivity contribution in [2.45, 2.75) is 93.4 Å². The molecule has 7 aromatic rings. The first-order chi connectivity index (χ1) is 50.2. The second-order valence-corrected chi connectivity index (χ2v) is 27.5. The number of hydrogen-bond acceptors (Lipinski definition) is 15. The Balaban J connectivity index is 0.983. The van der Waals surface area contributed by atoms with Crippen molar-refractivity contribution in [1.29, 1.82) is 5.41 Å². The summed E-state index contributed by atoms with van der Waals surface area (Å²) in [6, 6.07) is 13.8. The second kappa shape index (κ2) is 32.0. The molecule has 3 aromatic carbocycles. The molecule has 107 heavy (non-hydrogen) atoms. The summed E-state index contributed by atoms with van der Waals surface area (Å²) >= 11 is 20.0. The monoisotopic (exact) mass is 1570 g/mol. The van der Waals surface area contributed by atoms with E-state index in [0.717, 1.165) is 63.7 Å². The van der Waals surface area contributed by atoms with E-state index in [-0.39, 0.29) is 95.8 Å². The SMILES string of the molecule is CN=CC(=C(N)C(=O)N1CC(F)(F)CC(Cc2cc(Cl)cc(-c3cn(C)nc3C(=O)N3CC(F)(F)C[C@@H](C)C3CNc3ccc(C(F)(F)F)cn3)c2)C1CNc1ccc(C(F)(F)F)cn1)c1ccc(Cl)c(CC2CC(F)(F)CN(C(=O)c3cc(Cl)ccc3N/N=C\C=N)C2CNc2ccc(C(F)(F)F)cn2)c1. The molecule has 6 atom stereocenters. The van der Waals surface area contributed by atoms with Gasteiger partial charge in [0, 0.05) is 116 Å². The summed E-state index contributed by atoms with van der Waals surface area (Å²) < 4.78 is 221. The Morgan fingerprint density at radius 1 is 0.636 bits per heavy atom. The molecule has 19 nitrogen and oxygen atoms in total. The predicted octanol–water partition coefficient (Wildman–Crippen LogP) is 15.3. The smallest absolute Gasteiger partial charge is 0.394 e. The van der Waals surface area contributed by atoms with Crippen LogP contribution in [0.3, 0.4) is 0 Å². The van der Waals surface area contributed by atoms with Gasteiger partial charge in [-0.3, -0.25) is 29.5 Å². The summed E-state index contributed by atoms with van der Waals surface area (Å²) in [6.45, 7) is -3.26. The summed E-state index contributed by atoms with van der Waals surface area (Å²) in [5.41, 5.74) is 5.09. The van der Waals surface area contributed by atoms with Gasteiger partial charge in [-0.15, -0.1) is 0 Å². The van der Waals surface area contributed by atoms with Gasteiger partial charge in [-0.1, -0.05) is 53.9 Å². The van der Waals surface area contributed by atoms with Gasteiger partial charge in [-0.25, -0.2) is 41.3 Å². The number of nitrogens with zero attached hydrogens (tertiary/aromatic N) is 10. The van der Waals surface area contributed by atoms with Gasteiger partial charge in [0.1, 0.15) is 23.2 Å². The van der Waals surface area contributed by atoms with Crippen LogP contribution in [0.25, 0.3) is 16.7 Å². The van der Waals surface area contributed by atoms with Crippen LogP contribution < -0.4 is 27.1 Å². The average Bonchev–Trinajstić information content (AvgIpc) is 1.70. The van der Waals surface area contributed by atoms with E-state index in [2.05, 4.69) is 51.5 Å². The van der Waals surface area contributed by atoms with Crippen molar-refractivity contribution in [2.24, 2.45) is 40.6 Å². The fraction of sp³-hybridized carbons (Fsp3) is 0.371. The number of amides is 3. The topological polar surface area (TPSA) is 240 Å². The summed E-state index contributed by atoms with van der Waals surface area (Å²) in [6.07, 6.45) is -11.6. The number of pyridine rings is 3. The Bertz CT molecular complexity index is 4500. The number of anilines is 4. The van der Waals surface area contributed by atoms with Crippen LogP contribution in [0, 0.1) is 23.2 Å². The molecular formula is C70H66Cl3F15N16O3. The molecule has 10 rings (SSSR count). The lowest BCUT2D eigenvalue weighted by Crippen LogP contribution is -2.59. The van der Waals surface area contributed by atoms with Gasteiger partial charge in [0.15, 0.2) is 5.69 Å². The number of halogens is 18. The number of alkyl halides is 15. The van der Waals surface area contributed by atoms with Gasteiger partial charge in [-0.05, 0) is 132 Å². The summed E-state index contributed by atoms with van der Waals surface area (Å²) in [7, 11) is 2.71. The molecule has 3 amide bonds. The van der Waals surface area contributed by atoms with Crippen LogP contribution in [0.4, 0.5) is 89.0 Å². The first-order valence-corrected chi connectivity index (χ1v) is 33.8. The van der Waals surface area contributed by atoms with Crippen molar-refractivity contribution in [3.63, 3.8) is 0 Å². The summed E-state index contributed by atoms with van der Waals surface area (Å²) in [4.78, 5) is 63.1. The van der Waals surface area contributed by atoms with E-state index in [4.69, 9.17) is 45.9 Å². The number of benzene rings is 3. The largest absolute Gasteiger partial charge is 0.417 e. The third kappa shape index (κ3) is 19.5. The Kier molecular flexibility index (Phi) is 23.9. The number of carbonyl (C=O) groups is 3. The molecule has 3 fully saturated rings. The lowest BCUT2D eigenvalue weighted by atomic mass is 9.81. The number of likely N-dealkylation sites (tertiary alicyclic amines) is 3. The molecule has 0 aliphatic carbocycles. The minimum absolute atomic E-state index is 0.00796. The van der Waals surface area contributed by atoms with Crippen LogP contribution in [-0.2, 0) is 43.2 Å². The van der Waals surface area contributed by atoms with Gasteiger partial charge < -0.3 is 41.8 Å². The van der Waals surface area contributed by atoms with E-state index in [0.29, 0.717) is 24.7 Å². The first-order valence-electron chi connectivity index (χ1n) is 32.7. The number of hydrazone groups is 1. The molecule has 3 saturated heterocycles. The molecular weight excluding hydrogens is 1500 g/mol. The lowest BCUT2D eigenvalue weighted by Gasteiger charge is -2.45. The molecule has 5 unspecified atom stereocenters. The Hall–Kier alpha value is -9.70. The normalized spacial score (nSPS) is 20.6. The Morgan fingerprint density at radius 3 is 1.67 bits per heavy atom. The number of aromatic nitrogens is 5. The highest BCUT2D eigenvalue weighted by molar-refractivity contribution is 6.32. The van der Waals surface area contributed by atoms with Crippen LogP contribution in [-0.4, -0.2) is 158 Å². The van der Waals surface area contributed by atoms with Crippen LogP contribution in [0.15, 0.2) is 132 Å². The van der Waals surface area contributed by atoms with Gasteiger partial charge >= 0.3 is 18.5 Å². The molecule has 7 N–H and O–H groups in total. The summed E-state index contributed by atoms with van der Waals surface area (Å²) in [5, 5.41) is 24.0. The number of hydrogen-bond donors (Lipinski definition) is 6. The van der Waals surface area contributed by atoms with Crippen LogP contribution in [0.1, 0.15) is 80.4 Å². The van der Waals surface area contributed by atoms with E-state index in [1.807, 2.05) is 0 Å². The Labute approximate surface area is 616 Å². The van der Waals surface area contributed by atoms with Crippen molar-refractivity contribution in [3.8, 4) is 11.1 Å². The number of rotatable bonds is 22. The van der Waals surface area contributed by atoms with Crippen LogP contribution >= 0.6 is 34.8 Å².